The smallest absolute Gasteiger partial charge is 0.216 e. The van der Waals surface area contributed by atoms with Crippen LogP contribution in [-0.4, -0.2) is 33.8 Å². The number of nitrogens with zero attached hydrogens (tertiary/aromatic N) is 1. The lowest BCUT2D eigenvalue weighted by Crippen LogP contribution is -2.27. The van der Waals surface area contributed by atoms with Gasteiger partial charge in [-0.15, -0.1) is 11.3 Å². The molecule has 2 unspecified atom stereocenters. The van der Waals surface area contributed by atoms with E-state index in [4.69, 9.17) is 0 Å². The molecule has 2 atom stereocenters. The zero-order chi connectivity index (χ0) is 13.0. The van der Waals surface area contributed by atoms with Gasteiger partial charge in [-0.1, -0.05) is 0 Å². The molecule has 0 saturated heterocycles. The summed E-state index contributed by atoms with van der Waals surface area (Å²) in [7, 11) is 0. The van der Waals surface area contributed by atoms with Crippen LogP contribution in [0.5, 0.6) is 0 Å². The molecular formula is C11H18N2O3S. The first-order valence-corrected chi connectivity index (χ1v) is 6.28. The molecule has 0 bridgehead atoms. The van der Waals surface area contributed by atoms with Crippen molar-refractivity contribution in [3.63, 3.8) is 0 Å². The Hall–Kier alpha value is -0.980. The fourth-order valence-electron chi connectivity index (χ4n) is 1.34. The summed E-state index contributed by atoms with van der Waals surface area (Å²) in [6.07, 6.45) is -1.59. The maximum Gasteiger partial charge on any atom is 0.216 e. The molecule has 0 aliphatic carbocycles. The molecule has 17 heavy (non-hydrogen) atoms. The van der Waals surface area contributed by atoms with Gasteiger partial charge in [0.2, 0.25) is 5.91 Å². The van der Waals surface area contributed by atoms with E-state index >= 15 is 0 Å². The predicted octanol–water partition coefficient (Wildman–Crippen LogP) is 0.680. The van der Waals surface area contributed by atoms with Crippen molar-refractivity contribution in [3.8, 4) is 0 Å². The molecule has 0 fully saturated rings. The number of nitrogens with one attached hydrogen (secondary N) is 1. The molecule has 0 spiro atoms. The second-order valence-corrected chi connectivity index (χ2v) is 5.21. The Morgan fingerprint density at radius 3 is 2.59 bits per heavy atom. The number of hydrogen-bond acceptors (Lipinski definition) is 5. The van der Waals surface area contributed by atoms with Gasteiger partial charge >= 0.3 is 0 Å². The van der Waals surface area contributed by atoms with Crippen LogP contribution < -0.4 is 5.32 Å². The third-order valence-electron chi connectivity index (χ3n) is 2.48. The number of amides is 1. The Morgan fingerprint density at radius 1 is 1.47 bits per heavy atom. The molecule has 6 heteroatoms. The lowest BCUT2D eigenvalue weighted by molar-refractivity contribution is -0.119. The summed E-state index contributed by atoms with van der Waals surface area (Å²) < 4.78 is 0. The first kappa shape index (κ1) is 14.1. The molecule has 3 N–H and O–H groups in total. The highest BCUT2D eigenvalue weighted by Gasteiger charge is 2.21. The summed E-state index contributed by atoms with van der Waals surface area (Å²) >= 11 is 1.38. The normalized spacial score (nSPS) is 14.4. The highest BCUT2D eigenvalue weighted by Crippen LogP contribution is 2.25. The van der Waals surface area contributed by atoms with E-state index in [0.29, 0.717) is 18.0 Å². The van der Waals surface area contributed by atoms with E-state index in [1.807, 2.05) is 13.8 Å². The second-order valence-electron chi connectivity index (χ2n) is 3.98. The molecular weight excluding hydrogens is 240 g/mol. The number of aryl methyl sites for hydroxylation is 2. The Balaban J connectivity index is 2.51. The van der Waals surface area contributed by atoms with Crippen molar-refractivity contribution in [2.45, 2.75) is 39.4 Å². The first-order valence-electron chi connectivity index (χ1n) is 5.46. The molecule has 96 valence electrons. The maximum atomic E-state index is 10.6. The van der Waals surface area contributed by atoms with Crippen LogP contribution in [0.3, 0.4) is 0 Å². The Bertz CT molecular complexity index is 373. The van der Waals surface area contributed by atoms with Gasteiger partial charge in [0.25, 0.3) is 0 Å². The lowest BCUT2D eigenvalue weighted by Gasteiger charge is -2.15. The summed E-state index contributed by atoms with van der Waals surface area (Å²) in [5.74, 6) is -0.146. The van der Waals surface area contributed by atoms with Crippen LogP contribution in [0.15, 0.2) is 0 Å². The lowest BCUT2D eigenvalue weighted by atomic mass is 10.1. The summed E-state index contributed by atoms with van der Waals surface area (Å²) in [6.45, 7) is 5.55. The molecule has 1 rings (SSSR count). The van der Waals surface area contributed by atoms with E-state index in [2.05, 4.69) is 10.3 Å². The number of aromatic nitrogens is 1. The van der Waals surface area contributed by atoms with Gasteiger partial charge in [0.05, 0.1) is 11.8 Å². The Labute approximate surface area is 105 Å². The molecule has 1 aromatic rings. The fraction of sp³-hybridized carbons (Fsp3) is 0.636. The van der Waals surface area contributed by atoms with Crippen molar-refractivity contribution in [1.82, 2.24) is 10.3 Å². The van der Waals surface area contributed by atoms with Gasteiger partial charge in [-0.3, -0.25) is 4.79 Å². The molecule has 1 amide bonds. The van der Waals surface area contributed by atoms with Crippen molar-refractivity contribution in [1.29, 1.82) is 0 Å². The zero-order valence-electron chi connectivity index (χ0n) is 10.2. The van der Waals surface area contributed by atoms with Gasteiger partial charge in [0, 0.05) is 18.3 Å². The van der Waals surface area contributed by atoms with Gasteiger partial charge < -0.3 is 15.5 Å². The molecule has 0 aromatic carbocycles. The SMILES string of the molecule is CC(=O)NCCC(O)C(O)c1nc(C)c(C)s1. The number of aliphatic hydroxyl groups is 2. The molecule has 0 aliphatic heterocycles. The summed E-state index contributed by atoms with van der Waals surface area (Å²) in [5.41, 5.74) is 0.873. The fourth-order valence-corrected chi connectivity index (χ4v) is 2.31. The van der Waals surface area contributed by atoms with E-state index in [1.54, 1.807) is 0 Å². The highest BCUT2D eigenvalue weighted by molar-refractivity contribution is 7.11. The largest absolute Gasteiger partial charge is 0.390 e. The van der Waals surface area contributed by atoms with Crippen molar-refractivity contribution in [2.24, 2.45) is 0 Å². The molecule has 0 saturated carbocycles. The number of rotatable bonds is 5. The van der Waals surface area contributed by atoms with Crippen molar-refractivity contribution < 1.29 is 15.0 Å². The summed E-state index contributed by atoms with van der Waals surface area (Å²) in [6, 6.07) is 0. The first-order chi connectivity index (χ1) is 7.91. The van der Waals surface area contributed by atoms with Crippen LogP contribution in [0.2, 0.25) is 0 Å². The summed E-state index contributed by atoms with van der Waals surface area (Å²) in [5, 5.41) is 22.7. The Kier molecular flexibility index (Phi) is 5.04. The molecule has 0 radical (unpaired) electrons. The van der Waals surface area contributed by atoms with E-state index in [9.17, 15) is 15.0 Å². The topological polar surface area (TPSA) is 82.5 Å². The van der Waals surface area contributed by atoms with Crippen LogP contribution in [0.4, 0.5) is 0 Å². The van der Waals surface area contributed by atoms with Crippen LogP contribution in [0.25, 0.3) is 0 Å². The monoisotopic (exact) mass is 258 g/mol. The van der Waals surface area contributed by atoms with E-state index in [0.717, 1.165) is 10.6 Å². The maximum absolute atomic E-state index is 10.6. The minimum atomic E-state index is -0.985. The van der Waals surface area contributed by atoms with Gasteiger partial charge in [-0.25, -0.2) is 4.98 Å². The molecule has 5 nitrogen and oxygen atoms in total. The van der Waals surface area contributed by atoms with E-state index in [1.165, 1.54) is 18.3 Å². The van der Waals surface area contributed by atoms with E-state index < -0.39 is 12.2 Å². The highest BCUT2D eigenvalue weighted by atomic mass is 32.1. The minimum absolute atomic E-state index is 0.146. The van der Waals surface area contributed by atoms with Crippen molar-refractivity contribution in [2.75, 3.05) is 6.54 Å². The molecule has 1 heterocycles. The number of aliphatic hydroxyl groups excluding tert-OH is 2. The van der Waals surface area contributed by atoms with E-state index in [-0.39, 0.29) is 5.91 Å². The van der Waals surface area contributed by atoms with Crippen molar-refractivity contribution >= 4 is 17.2 Å². The minimum Gasteiger partial charge on any atom is -0.390 e. The van der Waals surface area contributed by atoms with Crippen molar-refractivity contribution in [3.05, 3.63) is 15.6 Å². The summed E-state index contributed by atoms with van der Waals surface area (Å²) in [4.78, 5) is 15.9. The zero-order valence-corrected chi connectivity index (χ0v) is 11.0. The van der Waals surface area contributed by atoms with Gasteiger partial charge in [0.15, 0.2) is 0 Å². The predicted molar refractivity (Wildman–Crippen MR) is 65.9 cm³/mol. The molecule has 0 aliphatic rings. The van der Waals surface area contributed by atoms with Crippen LogP contribution >= 0.6 is 11.3 Å². The quantitative estimate of drug-likeness (QED) is 0.725. The molecule has 1 aromatic heterocycles. The number of carbonyl (C=O) groups is 1. The second kappa shape index (κ2) is 6.09. The van der Waals surface area contributed by atoms with Crippen LogP contribution in [0.1, 0.15) is 35.0 Å². The third kappa shape index (κ3) is 4.07. The standard InChI is InChI=1S/C11H18N2O3S/c1-6-7(2)17-11(13-6)10(16)9(15)4-5-12-8(3)14/h9-10,15-16H,4-5H2,1-3H3,(H,12,14). The Morgan fingerprint density at radius 2 is 2.12 bits per heavy atom. The third-order valence-corrected chi connectivity index (χ3v) is 3.62. The average Bonchev–Trinajstić information content (AvgIpc) is 2.57. The number of carbonyl (C=O) groups excluding carboxylic acids is 1. The van der Waals surface area contributed by atoms with Gasteiger partial charge in [-0.05, 0) is 20.3 Å². The van der Waals surface area contributed by atoms with Gasteiger partial charge in [0.1, 0.15) is 11.1 Å². The van der Waals surface area contributed by atoms with Gasteiger partial charge in [-0.2, -0.15) is 0 Å². The number of thiazole rings is 1. The number of hydrogen-bond donors (Lipinski definition) is 3. The average molecular weight is 258 g/mol. The van der Waals surface area contributed by atoms with Crippen LogP contribution in [0, 0.1) is 13.8 Å². The van der Waals surface area contributed by atoms with Crippen LogP contribution in [-0.2, 0) is 4.79 Å².